The van der Waals surface area contributed by atoms with Crippen LogP contribution in [0.4, 0.5) is 5.00 Å². The van der Waals surface area contributed by atoms with E-state index in [-0.39, 0.29) is 5.91 Å². The number of carbonyl (C=O) groups excluding carboxylic acids is 2. The van der Waals surface area contributed by atoms with Gasteiger partial charge in [-0.1, -0.05) is 0 Å². The second kappa shape index (κ2) is 7.65. The van der Waals surface area contributed by atoms with Crippen molar-refractivity contribution in [3.05, 3.63) is 46.1 Å². The number of amides is 2. The van der Waals surface area contributed by atoms with Crippen molar-refractivity contribution in [2.75, 3.05) is 5.32 Å². The van der Waals surface area contributed by atoms with Gasteiger partial charge in [0.2, 0.25) is 0 Å². The fraction of sp³-hybridized carbons (Fsp3) is 0.333. The molecule has 1 atom stereocenters. The lowest BCUT2D eigenvalue weighted by molar-refractivity contribution is -0.138. The summed E-state index contributed by atoms with van der Waals surface area (Å²) >= 11 is 1.39. The molecule has 0 fully saturated rings. The number of nitrogens with zero attached hydrogens (tertiary/aromatic N) is 1. The van der Waals surface area contributed by atoms with Gasteiger partial charge in [-0.25, -0.2) is 0 Å². The lowest BCUT2D eigenvalue weighted by Crippen LogP contribution is -2.39. The smallest absolute Gasteiger partial charge is 0.325 e. The fourth-order valence-corrected chi connectivity index (χ4v) is 4.18. The third-order valence-electron chi connectivity index (χ3n) is 4.27. The molecule has 0 radical (unpaired) electrons. The number of carbonyl (C=O) groups is 3. The standard InChI is InChI=1S/C18H19N3O4S/c1-10(18(24)25)20-16(23)14-12-6-2-3-7-13(12)26-17(14)21-15(22)11-5-4-8-19-9-11/h4-5,8-10H,2-3,6-7H2,1H3,(H,20,23)(H,21,22)(H,24,25). The van der Waals surface area contributed by atoms with E-state index in [2.05, 4.69) is 15.6 Å². The number of carboxylic acids is 1. The number of fused-ring (bicyclic) bond motifs is 1. The molecule has 3 N–H and O–H groups in total. The van der Waals surface area contributed by atoms with Gasteiger partial charge in [0.1, 0.15) is 11.0 Å². The van der Waals surface area contributed by atoms with Gasteiger partial charge in [0.25, 0.3) is 11.8 Å². The van der Waals surface area contributed by atoms with Crippen LogP contribution in [-0.2, 0) is 17.6 Å². The summed E-state index contributed by atoms with van der Waals surface area (Å²) in [4.78, 5) is 41.2. The Kier molecular flexibility index (Phi) is 5.32. The van der Waals surface area contributed by atoms with E-state index in [4.69, 9.17) is 5.11 Å². The zero-order chi connectivity index (χ0) is 18.7. The van der Waals surface area contributed by atoms with E-state index in [0.717, 1.165) is 36.1 Å². The SMILES string of the molecule is CC(NC(=O)c1c(NC(=O)c2cccnc2)sc2c1CCCC2)C(=O)O. The number of aryl methyl sites for hydroxylation is 1. The van der Waals surface area contributed by atoms with E-state index in [1.54, 1.807) is 18.3 Å². The number of thiophene rings is 1. The zero-order valence-corrected chi connectivity index (χ0v) is 15.1. The Bertz CT molecular complexity index is 848. The molecule has 7 nitrogen and oxygen atoms in total. The van der Waals surface area contributed by atoms with Crippen molar-refractivity contribution < 1.29 is 19.5 Å². The number of anilines is 1. The van der Waals surface area contributed by atoms with Crippen LogP contribution in [0.25, 0.3) is 0 Å². The van der Waals surface area contributed by atoms with Crippen LogP contribution in [0.3, 0.4) is 0 Å². The van der Waals surface area contributed by atoms with Crippen LogP contribution in [0, 0.1) is 0 Å². The normalized spacial score (nSPS) is 14.2. The van der Waals surface area contributed by atoms with Crippen molar-refractivity contribution in [1.82, 2.24) is 10.3 Å². The quantitative estimate of drug-likeness (QED) is 0.746. The summed E-state index contributed by atoms with van der Waals surface area (Å²) in [6, 6.07) is 2.29. The molecule has 0 aliphatic heterocycles. The molecule has 2 amide bonds. The van der Waals surface area contributed by atoms with E-state index >= 15 is 0 Å². The van der Waals surface area contributed by atoms with Gasteiger partial charge in [0.05, 0.1) is 11.1 Å². The van der Waals surface area contributed by atoms with E-state index in [9.17, 15) is 14.4 Å². The molecule has 0 bridgehead atoms. The van der Waals surface area contributed by atoms with Crippen molar-refractivity contribution in [3.63, 3.8) is 0 Å². The van der Waals surface area contributed by atoms with E-state index in [1.165, 1.54) is 24.5 Å². The Balaban J connectivity index is 1.92. The highest BCUT2D eigenvalue weighted by molar-refractivity contribution is 7.17. The van der Waals surface area contributed by atoms with Crippen LogP contribution in [0.2, 0.25) is 0 Å². The minimum atomic E-state index is -1.11. The zero-order valence-electron chi connectivity index (χ0n) is 14.2. The van der Waals surface area contributed by atoms with Crippen LogP contribution < -0.4 is 10.6 Å². The van der Waals surface area contributed by atoms with Gasteiger partial charge in [-0.05, 0) is 50.3 Å². The molecule has 2 aromatic rings. The summed E-state index contributed by atoms with van der Waals surface area (Å²) in [5.74, 6) is -1.93. The molecule has 0 saturated heterocycles. The van der Waals surface area contributed by atoms with Crippen LogP contribution in [0.5, 0.6) is 0 Å². The monoisotopic (exact) mass is 373 g/mol. The van der Waals surface area contributed by atoms with E-state index < -0.39 is 17.9 Å². The minimum Gasteiger partial charge on any atom is -0.480 e. The third kappa shape index (κ3) is 3.75. The number of rotatable bonds is 5. The topological polar surface area (TPSA) is 108 Å². The first-order valence-electron chi connectivity index (χ1n) is 8.37. The number of carboxylic acid groups (broad SMARTS) is 1. The van der Waals surface area contributed by atoms with Gasteiger partial charge in [-0.2, -0.15) is 0 Å². The minimum absolute atomic E-state index is 0.350. The lowest BCUT2D eigenvalue weighted by Gasteiger charge is -2.14. The van der Waals surface area contributed by atoms with E-state index in [1.807, 2.05) is 0 Å². The van der Waals surface area contributed by atoms with Gasteiger partial charge in [-0.15, -0.1) is 11.3 Å². The highest BCUT2D eigenvalue weighted by Crippen LogP contribution is 2.38. The van der Waals surface area contributed by atoms with Crippen LogP contribution >= 0.6 is 11.3 Å². The van der Waals surface area contributed by atoms with Crippen molar-refractivity contribution >= 4 is 34.1 Å². The van der Waals surface area contributed by atoms with Gasteiger partial charge in [0.15, 0.2) is 0 Å². The number of nitrogens with one attached hydrogen (secondary N) is 2. The maximum Gasteiger partial charge on any atom is 0.325 e. The van der Waals surface area contributed by atoms with Crippen LogP contribution in [0.15, 0.2) is 24.5 Å². The molecule has 1 aliphatic carbocycles. The number of hydrogen-bond donors (Lipinski definition) is 3. The van der Waals surface area contributed by atoms with Crippen molar-refractivity contribution in [2.24, 2.45) is 0 Å². The highest BCUT2D eigenvalue weighted by atomic mass is 32.1. The summed E-state index contributed by atoms with van der Waals surface area (Å²) in [5.41, 5.74) is 1.69. The molecule has 0 saturated carbocycles. The summed E-state index contributed by atoms with van der Waals surface area (Å²) in [6.45, 7) is 1.41. The Morgan fingerprint density at radius 3 is 2.69 bits per heavy atom. The van der Waals surface area contributed by atoms with Crippen molar-refractivity contribution in [1.29, 1.82) is 0 Å². The molecule has 0 aromatic carbocycles. The molecule has 0 spiro atoms. The number of hydrogen-bond acceptors (Lipinski definition) is 5. The summed E-state index contributed by atoms with van der Waals surface area (Å²) < 4.78 is 0. The molecule has 26 heavy (non-hydrogen) atoms. The molecular weight excluding hydrogens is 354 g/mol. The molecule has 8 heteroatoms. The maximum atomic E-state index is 12.7. The van der Waals surface area contributed by atoms with Gasteiger partial charge in [-0.3, -0.25) is 19.4 Å². The van der Waals surface area contributed by atoms with Gasteiger partial charge in [0, 0.05) is 17.3 Å². The molecule has 2 heterocycles. The third-order valence-corrected chi connectivity index (χ3v) is 5.47. The number of aliphatic carboxylic acids is 1. The highest BCUT2D eigenvalue weighted by Gasteiger charge is 2.28. The summed E-state index contributed by atoms with van der Waals surface area (Å²) in [5, 5.41) is 14.8. The first-order valence-corrected chi connectivity index (χ1v) is 9.18. The Labute approximate surface area is 154 Å². The van der Waals surface area contributed by atoms with Gasteiger partial charge >= 0.3 is 5.97 Å². The second-order valence-electron chi connectivity index (χ2n) is 6.14. The van der Waals surface area contributed by atoms with Crippen LogP contribution in [0.1, 0.15) is 50.9 Å². The summed E-state index contributed by atoms with van der Waals surface area (Å²) in [6.07, 6.45) is 6.64. The molecule has 136 valence electrons. The first-order chi connectivity index (χ1) is 12.5. The van der Waals surface area contributed by atoms with Crippen molar-refractivity contribution in [2.45, 2.75) is 38.6 Å². The fourth-order valence-electron chi connectivity index (χ4n) is 2.90. The van der Waals surface area contributed by atoms with Gasteiger partial charge < -0.3 is 15.7 Å². The average Bonchev–Trinajstić information content (AvgIpc) is 3.00. The molecular formula is C18H19N3O4S. The Morgan fingerprint density at radius 2 is 2.00 bits per heavy atom. The Morgan fingerprint density at radius 1 is 1.23 bits per heavy atom. The molecule has 1 aliphatic rings. The first kappa shape index (κ1) is 18.1. The number of aromatic nitrogens is 1. The summed E-state index contributed by atoms with van der Waals surface area (Å²) in [7, 11) is 0. The van der Waals surface area contributed by atoms with Crippen molar-refractivity contribution in [3.8, 4) is 0 Å². The maximum absolute atomic E-state index is 12.7. The average molecular weight is 373 g/mol. The molecule has 3 rings (SSSR count). The molecule has 1 unspecified atom stereocenters. The second-order valence-corrected chi connectivity index (χ2v) is 7.25. The van der Waals surface area contributed by atoms with E-state index in [0.29, 0.717) is 16.1 Å². The molecule has 2 aromatic heterocycles. The largest absolute Gasteiger partial charge is 0.480 e. The predicted octanol–water partition coefficient (Wildman–Crippen LogP) is 2.48. The Hall–Kier alpha value is -2.74. The predicted molar refractivity (Wildman–Crippen MR) is 97.7 cm³/mol. The lowest BCUT2D eigenvalue weighted by atomic mass is 9.95. The van der Waals surface area contributed by atoms with Crippen LogP contribution in [-0.4, -0.2) is 33.9 Å². The number of pyridine rings is 1.